The lowest BCUT2D eigenvalue weighted by atomic mass is 9.82. The van der Waals surface area contributed by atoms with E-state index in [1.165, 1.54) is 29.7 Å². The summed E-state index contributed by atoms with van der Waals surface area (Å²) in [6, 6.07) is 12.5. The van der Waals surface area contributed by atoms with Crippen molar-refractivity contribution in [1.29, 1.82) is 0 Å². The molecule has 0 bridgehead atoms. The first-order valence-electron chi connectivity index (χ1n) is 13.0. The van der Waals surface area contributed by atoms with Gasteiger partial charge in [-0.05, 0) is 79.2 Å². The zero-order valence-electron chi connectivity index (χ0n) is 22.2. The van der Waals surface area contributed by atoms with Gasteiger partial charge in [0.15, 0.2) is 0 Å². The van der Waals surface area contributed by atoms with Gasteiger partial charge in [-0.2, -0.15) is 5.10 Å². The van der Waals surface area contributed by atoms with Crippen molar-refractivity contribution >= 4 is 17.4 Å². The molecule has 1 unspecified atom stereocenters. The van der Waals surface area contributed by atoms with Crippen LogP contribution in [-0.4, -0.2) is 27.2 Å². The van der Waals surface area contributed by atoms with Gasteiger partial charge in [-0.1, -0.05) is 50.6 Å². The zero-order valence-corrected chi connectivity index (χ0v) is 23.0. The quantitative estimate of drug-likeness (QED) is 0.328. The first kappa shape index (κ1) is 26.4. The maximum absolute atomic E-state index is 12.1. The molecule has 0 amide bonds. The third-order valence-corrected chi connectivity index (χ3v) is 7.37. The van der Waals surface area contributed by atoms with Crippen molar-refractivity contribution in [3.8, 4) is 5.88 Å². The number of ketones is 1. The summed E-state index contributed by atoms with van der Waals surface area (Å²) < 4.78 is 7.86. The largest absolute Gasteiger partial charge is 0.477 e. The van der Waals surface area contributed by atoms with E-state index in [0.29, 0.717) is 24.5 Å². The third-order valence-electron chi connectivity index (χ3n) is 7.02. The van der Waals surface area contributed by atoms with Crippen LogP contribution < -0.4 is 4.74 Å². The third kappa shape index (κ3) is 6.56. The van der Waals surface area contributed by atoms with E-state index in [4.69, 9.17) is 21.3 Å². The summed E-state index contributed by atoms with van der Waals surface area (Å²) in [6.07, 6.45) is 6.53. The van der Waals surface area contributed by atoms with Gasteiger partial charge in [-0.15, -0.1) is 0 Å². The smallest absolute Gasteiger partial charge is 0.211 e. The second-order valence-electron chi connectivity index (χ2n) is 11.1. The predicted molar refractivity (Wildman–Crippen MR) is 145 cm³/mol. The maximum Gasteiger partial charge on any atom is 0.211 e. The van der Waals surface area contributed by atoms with E-state index in [1.54, 1.807) is 11.6 Å². The van der Waals surface area contributed by atoms with Crippen molar-refractivity contribution in [2.24, 2.45) is 7.05 Å². The van der Waals surface area contributed by atoms with Crippen LogP contribution in [0.15, 0.2) is 36.4 Å². The lowest BCUT2D eigenvalue weighted by Crippen LogP contribution is -2.14. The first-order chi connectivity index (χ1) is 17.1. The Morgan fingerprint density at radius 3 is 2.64 bits per heavy atom. The number of ether oxygens (including phenoxy) is 1. The highest BCUT2D eigenvalue weighted by Crippen LogP contribution is 2.35. The molecule has 2 heterocycles. The minimum Gasteiger partial charge on any atom is -0.477 e. The van der Waals surface area contributed by atoms with Crippen LogP contribution in [0.1, 0.15) is 86.6 Å². The van der Waals surface area contributed by atoms with E-state index < -0.39 is 0 Å². The van der Waals surface area contributed by atoms with Gasteiger partial charge in [0.05, 0.1) is 12.3 Å². The predicted octanol–water partition coefficient (Wildman–Crippen LogP) is 6.57. The summed E-state index contributed by atoms with van der Waals surface area (Å²) in [6.45, 7) is 8.73. The van der Waals surface area contributed by atoms with Crippen LogP contribution >= 0.6 is 11.6 Å². The number of hydrogen-bond acceptors (Lipinski definition) is 4. The molecule has 0 radical (unpaired) electrons. The number of hydrogen-bond donors (Lipinski definition) is 0. The molecule has 1 atom stereocenters. The molecule has 6 heteroatoms. The molecule has 0 fully saturated rings. The number of rotatable bonds is 9. The van der Waals surface area contributed by atoms with Crippen molar-refractivity contribution in [3.63, 3.8) is 0 Å². The molecule has 0 spiro atoms. The number of fused-ring (bicyclic) bond motifs is 1. The molecule has 36 heavy (non-hydrogen) atoms. The van der Waals surface area contributed by atoms with E-state index in [9.17, 15) is 4.79 Å². The average Bonchev–Trinajstić information content (AvgIpc) is 3.16. The molecule has 192 valence electrons. The van der Waals surface area contributed by atoms with Crippen LogP contribution in [0.4, 0.5) is 0 Å². The molecule has 1 aliphatic rings. The number of pyridine rings is 1. The molecule has 0 saturated carbocycles. The topological polar surface area (TPSA) is 57.0 Å². The minimum absolute atomic E-state index is 0.000963. The van der Waals surface area contributed by atoms with E-state index in [-0.39, 0.29) is 17.1 Å². The number of Topliss-reactive ketones (excluding diaryl/α,β-unsaturated/α-hetero) is 1. The highest BCUT2D eigenvalue weighted by molar-refractivity contribution is 6.31. The summed E-state index contributed by atoms with van der Waals surface area (Å²) in [7, 11) is 1.89. The van der Waals surface area contributed by atoms with Crippen molar-refractivity contribution in [1.82, 2.24) is 14.8 Å². The van der Waals surface area contributed by atoms with Gasteiger partial charge >= 0.3 is 0 Å². The SMILES string of the molecule is CC(=O)CC(Cc1cc(OCCc2ccc3c(n2)CCCC3)n(C)n1)c1cc(C(C)(C)C)ccc1Cl. The summed E-state index contributed by atoms with van der Waals surface area (Å²) in [5, 5.41) is 5.38. The Hall–Kier alpha value is -2.66. The molecule has 1 aliphatic carbocycles. The monoisotopic (exact) mass is 507 g/mol. The molecule has 4 rings (SSSR count). The standard InChI is InChI=1S/C30H38ClN3O2/c1-20(35)16-22(26-18-23(30(2,3)4)11-13-27(26)31)17-25-19-29(34(5)33-25)36-15-14-24-12-10-21-8-6-7-9-28(21)32-24/h10-13,18-19,22H,6-9,14-17H2,1-5H3. The van der Waals surface area contributed by atoms with Crippen molar-refractivity contribution in [2.75, 3.05) is 6.61 Å². The van der Waals surface area contributed by atoms with Gasteiger partial charge in [0.2, 0.25) is 5.88 Å². The number of carbonyl (C=O) groups is 1. The fraction of sp³-hybridized carbons (Fsp3) is 0.500. The molecule has 5 nitrogen and oxygen atoms in total. The first-order valence-corrected chi connectivity index (χ1v) is 13.4. The van der Waals surface area contributed by atoms with E-state index in [0.717, 1.165) is 42.1 Å². The van der Waals surface area contributed by atoms with E-state index in [1.807, 2.05) is 19.2 Å². The molecule has 0 aliphatic heterocycles. The van der Waals surface area contributed by atoms with Gasteiger partial charge in [-0.25, -0.2) is 4.68 Å². The second kappa shape index (κ2) is 11.2. The minimum atomic E-state index is -0.0419. The van der Waals surface area contributed by atoms with E-state index >= 15 is 0 Å². The summed E-state index contributed by atoms with van der Waals surface area (Å²) in [5.74, 6) is 0.820. The zero-order chi connectivity index (χ0) is 25.9. The molecule has 1 aromatic carbocycles. The summed E-state index contributed by atoms with van der Waals surface area (Å²) in [4.78, 5) is 17.0. The van der Waals surface area contributed by atoms with Crippen LogP contribution in [-0.2, 0) is 42.9 Å². The fourth-order valence-electron chi connectivity index (χ4n) is 4.98. The Labute approximate surface area is 220 Å². The molecule has 0 saturated heterocycles. The lowest BCUT2D eigenvalue weighted by Gasteiger charge is -2.23. The number of nitrogens with zero attached hydrogens (tertiary/aromatic N) is 3. The van der Waals surface area contributed by atoms with Crippen LogP contribution in [0.5, 0.6) is 5.88 Å². The number of halogens is 1. The normalized spacial score (nSPS) is 14.4. The Morgan fingerprint density at radius 2 is 1.89 bits per heavy atom. The molecule has 0 N–H and O–H groups in total. The molecule has 3 aromatic rings. The van der Waals surface area contributed by atoms with Gasteiger partial charge in [0.1, 0.15) is 5.78 Å². The number of aryl methyl sites for hydroxylation is 3. The highest BCUT2D eigenvalue weighted by atomic mass is 35.5. The number of benzene rings is 1. The molecular weight excluding hydrogens is 470 g/mol. The second-order valence-corrected chi connectivity index (χ2v) is 11.5. The Bertz CT molecular complexity index is 1230. The number of aromatic nitrogens is 3. The van der Waals surface area contributed by atoms with Crippen molar-refractivity contribution in [3.05, 3.63) is 75.2 Å². The highest BCUT2D eigenvalue weighted by Gasteiger charge is 2.23. The van der Waals surface area contributed by atoms with Crippen molar-refractivity contribution < 1.29 is 9.53 Å². The van der Waals surface area contributed by atoms with Gasteiger partial charge in [-0.3, -0.25) is 4.98 Å². The maximum atomic E-state index is 12.1. The van der Waals surface area contributed by atoms with Crippen LogP contribution in [0.2, 0.25) is 5.02 Å². The Balaban J connectivity index is 1.45. The van der Waals surface area contributed by atoms with Crippen LogP contribution in [0, 0.1) is 0 Å². The Kier molecular flexibility index (Phi) is 8.19. The summed E-state index contributed by atoms with van der Waals surface area (Å²) in [5.41, 5.74) is 6.83. The van der Waals surface area contributed by atoms with Gasteiger partial charge in [0, 0.05) is 42.4 Å². The number of carbonyl (C=O) groups excluding carboxylic acids is 1. The van der Waals surface area contributed by atoms with Crippen molar-refractivity contribution in [2.45, 2.75) is 84.0 Å². The average molecular weight is 508 g/mol. The summed E-state index contributed by atoms with van der Waals surface area (Å²) >= 11 is 6.63. The molecule has 2 aromatic heterocycles. The van der Waals surface area contributed by atoms with E-state index in [2.05, 4.69) is 50.1 Å². The van der Waals surface area contributed by atoms with Gasteiger partial charge < -0.3 is 9.53 Å². The molecular formula is C30H38ClN3O2. The van der Waals surface area contributed by atoms with Crippen LogP contribution in [0.25, 0.3) is 0 Å². The lowest BCUT2D eigenvalue weighted by molar-refractivity contribution is -0.117. The van der Waals surface area contributed by atoms with Crippen LogP contribution in [0.3, 0.4) is 0 Å². The Morgan fingerprint density at radius 1 is 1.11 bits per heavy atom. The van der Waals surface area contributed by atoms with Gasteiger partial charge in [0.25, 0.3) is 0 Å². The fourth-order valence-corrected chi connectivity index (χ4v) is 5.25.